The first-order valence-electron chi connectivity index (χ1n) is 8.88. The molecule has 134 valence electrons. The lowest BCUT2D eigenvalue weighted by Gasteiger charge is -2.22. The number of aromatic nitrogens is 2. The molecular formula is C19H25N3O3. The molecule has 0 spiro atoms. The average molecular weight is 343 g/mol. The molecule has 1 aliphatic heterocycles. The highest BCUT2D eigenvalue weighted by Gasteiger charge is 2.15. The molecule has 1 amide bonds. The van der Waals surface area contributed by atoms with E-state index >= 15 is 0 Å². The summed E-state index contributed by atoms with van der Waals surface area (Å²) in [5.74, 6) is 0.760. The normalized spacial score (nSPS) is 17.2. The number of hydrogen-bond acceptors (Lipinski definition) is 4. The van der Waals surface area contributed by atoms with Crippen LogP contribution in [0.25, 0.3) is 0 Å². The number of nitrogens with one attached hydrogen (secondary N) is 1. The van der Waals surface area contributed by atoms with Crippen LogP contribution < -0.4 is 10.1 Å². The van der Waals surface area contributed by atoms with Crippen LogP contribution >= 0.6 is 0 Å². The second kappa shape index (κ2) is 8.67. The van der Waals surface area contributed by atoms with E-state index in [0.717, 1.165) is 37.3 Å². The molecule has 1 N–H and O–H groups in total. The molecule has 0 aliphatic carbocycles. The third kappa shape index (κ3) is 5.32. The number of nitrogens with zero attached hydrogens (tertiary/aromatic N) is 2. The first-order valence-corrected chi connectivity index (χ1v) is 8.88. The molecule has 3 rings (SSSR count). The lowest BCUT2D eigenvalue weighted by Crippen LogP contribution is -2.24. The van der Waals surface area contributed by atoms with Gasteiger partial charge >= 0.3 is 0 Å². The van der Waals surface area contributed by atoms with E-state index in [2.05, 4.69) is 10.4 Å². The molecular weight excluding hydrogens is 318 g/mol. The van der Waals surface area contributed by atoms with Gasteiger partial charge in [-0.3, -0.25) is 9.48 Å². The standard InChI is InChI=1S/C19H25N3O3/c1-2-24-17-8-6-15(7-9-17)11-19(23)21-16-12-20-22(13-16)14-18-5-3-4-10-25-18/h6-9,12-13,18H,2-5,10-11,14H2,1H3,(H,21,23). The summed E-state index contributed by atoms with van der Waals surface area (Å²) in [6.07, 6.45) is 7.50. The zero-order valence-electron chi connectivity index (χ0n) is 14.6. The molecule has 1 aromatic carbocycles. The monoisotopic (exact) mass is 343 g/mol. The van der Waals surface area contributed by atoms with Crippen LogP contribution in [0.3, 0.4) is 0 Å². The summed E-state index contributed by atoms with van der Waals surface area (Å²) >= 11 is 0. The van der Waals surface area contributed by atoms with E-state index in [4.69, 9.17) is 9.47 Å². The molecule has 1 unspecified atom stereocenters. The van der Waals surface area contributed by atoms with Gasteiger partial charge in [0, 0.05) is 12.8 Å². The fourth-order valence-corrected chi connectivity index (χ4v) is 2.95. The number of amides is 1. The molecule has 6 nitrogen and oxygen atoms in total. The molecule has 1 saturated heterocycles. The van der Waals surface area contributed by atoms with E-state index in [1.807, 2.05) is 42.1 Å². The first kappa shape index (κ1) is 17.5. The fourth-order valence-electron chi connectivity index (χ4n) is 2.95. The van der Waals surface area contributed by atoms with Crippen LogP contribution in [-0.4, -0.2) is 35.0 Å². The summed E-state index contributed by atoms with van der Waals surface area (Å²) in [6.45, 7) is 4.14. The van der Waals surface area contributed by atoms with Gasteiger partial charge in [0.1, 0.15) is 5.75 Å². The van der Waals surface area contributed by atoms with E-state index in [1.54, 1.807) is 6.20 Å². The minimum absolute atomic E-state index is 0.0578. The summed E-state index contributed by atoms with van der Waals surface area (Å²) < 4.78 is 13.0. The van der Waals surface area contributed by atoms with Crippen LogP contribution in [0.15, 0.2) is 36.7 Å². The second-order valence-electron chi connectivity index (χ2n) is 6.24. The molecule has 1 aromatic heterocycles. The van der Waals surface area contributed by atoms with E-state index < -0.39 is 0 Å². The van der Waals surface area contributed by atoms with E-state index in [1.165, 1.54) is 6.42 Å². The third-order valence-electron chi connectivity index (χ3n) is 4.18. The van der Waals surface area contributed by atoms with Crippen molar-refractivity contribution < 1.29 is 14.3 Å². The van der Waals surface area contributed by atoms with Gasteiger partial charge < -0.3 is 14.8 Å². The summed E-state index contributed by atoms with van der Waals surface area (Å²) in [5.41, 5.74) is 1.66. The van der Waals surface area contributed by atoms with Gasteiger partial charge in [-0.05, 0) is 43.9 Å². The molecule has 6 heteroatoms. The molecule has 1 fully saturated rings. The Morgan fingerprint density at radius 3 is 2.92 bits per heavy atom. The third-order valence-corrected chi connectivity index (χ3v) is 4.18. The second-order valence-corrected chi connectivity index (χ2v) is 6.24. The predicted octanol–water partition coefficient (Wildman–Crippen LogP) is 3.03. The summed E-state index contributed by atoms with van der Waals surface area (Å²) in [4.78, 5) is 12.2. The molecule has 0 saturated carbocycles. The van der Waals surface area contributed by atoms with Crippen LogP contribution in [0.4, 0.5) is 5.69 Å². The molecule has 25 heavy (non-hydrogen) atoms. The average Bonchev–Trinajstić information content (AvgIpc) is 3.04. The smallest absolute Gasteiger partial charge is 0.228 e. The first-order chi connectivity index (χ1) is 12.2. The molecule has 0 bridgehead atoms. The molecule has 1 aliphatic rings. The predicted molar refractivity (Wildman–Crippen MR) is 95.8 cm³/mol. The Morgan fingerprint density at radius 1 is 1.36 bits per heavy atom. The van der Waals surface area contributed by atoms with E-state index in [9.17, 15) is 4.79 Å². The number of benzene rings is 1. The van der Waals surface area contributed by atoms with Gasteiger partial charge in [0.2, 0.25) is 5.91 Å². The Balaban J connectivity index is 1.49. The van der Waals surface area contributed by atoms with Crippen molar-refractivity contribution in [2.45, 2.75) is 45.3 Å². The molecule has 1 atom stereocenters. The fraction of sp³-hybridized carbons (Fsp3) is 0.474. The Labute approximate surface area is 148 Å². The minimum atomic E-state index is -0.0578. The Kier molecular flexibility index (Phi) is 6.06. The number of rotatable bonds is 7. The minimum Gasteiger partial charge on any atom is -0.494 e. The molecule has 0 radical (unpaired) electrons. The van der Waals surface area contributed by atoms with Gasteiger partial charge in [0.15, 0.2) is 0 Å². The topological polar surface area (TPSA) is 65.4 Å². The van der Waals surface area contributed by atoms with Crippen molar-refractivity contribution in [2.24, 2.45) is 0 Å². The van der Waals surface area contributed by atoms with Crippen molar-refractivity contribution in [1.82, 2.24) is 9.78 Å². The van der Waals surface area contributed by atoms with Gasteiger partial charge in [-0.25, -0.2) is 0 Å². The Bertz CT molecular complexity index is 675. The number of ether oxygens (including phenoxy) is 2. The zero-order chi connectivity index (χ0) is 17.5. The number of anilines is 1. The molecule has 2 aromatic rings. The number of carbonyl (C=O) groups excluding carboxylic acids is 1. The summed E-state index contributed by atoms with van der Waals surface area (Å²) in [6, 6.07) is 7.59. The van der Waals surface area contributed by atoms with Crippen LogP contribution in [0, 0.1) is 0 Å². The maximum atomic E-state index is 12.2. The van der Waals surface area contributed by atoms with Gasteiger partial charge in [-0.15, -0.1) is 0 Å². The van der Waals surface area contributed by atoms with Crippen LogP contribution in [-0.2, 0) is 22.5 Å². The highest BCUT2D eigenvalue weighted by Crippen LogP contribution is 2.16. The lowest BCUT2D eigenvalue weighted by atomic mass is 10.1. The maximum Gasteiger partial charge on any atom is 0.228 e. The largest absolute Gasteiger partial charge is 0.494 e. The van der Waals surface area contributed by atoms with Crippen LogP contribution in [0.1, 0.15) is 31.7 Å². The van der Waals surface area contributed by atoms with Crippen LogP contribution in [0.2, 0.25) is 0 Å². The number of carbonyl (C=O) groups is 1. The Morgan fingerprint density at radius 2 is 2.20 bits per heavy atom. The van der Waals surface area contributed by atoms with E-state index in [-0.39, 0.29) is 12.0 Å². The summed E-state index contributed by atoms with van der Waals surface area (Å²) in [5, 5.41) is 7.20. The van der Waals surface area contributed by atoms with Crippen molar-refractivity contribution in [3.8, 4) is 5.75 Å². The number of hydrogen-bond donors (Lipinski definition) is 1. The van der Waals surface area contributed by atoms with Crippen molar-refractivity contribution in [1.29, 1.82) is 0 Å². The maximum absolute atomic E-state index is 12.2. The lowest BCUT2D eigenvalue weighted by molar-refractivity contribution is -0.115. The highest BCUT2D eigenvalue weighted by atomic mass is 16.5. The quantitative estimate of drug-likeness (QED) is 0.839. The highest BCUT2D eigenvalue weighted by molar-refractivity contribution is 5.91. The van der Waals surface area contributed by atoms with Crippen LogP contribution in [0.5, 0.6) is 5.75 Å². The van der Waals surface area contributed by atoms with E-state index in [0.29, 0.717) is 18.7 Å². The Hall–Kier alpha value is -2.34. The SMILES string of the molecule is CCOc1ccc(CC(=O)Nc2cnn(CC3CCCCO3)c2)cc1. The van der Waals surface area contributed by atoms with Gasteiger partial charge in [-0.1, -0.05) is 12.1 Å². The van der Waals surface area contributed by atoms with Crippen molar-refractivity contribution in [3.05, 3.63) is 42.2 Å². The van der Waals surface area contributed by atoms with Crippen molar-refractivity contribution >= 4 is 11.6 Å². The molecule has 2 heterocycles. The zero-order valence-corrected chi connectivity index (χ0v) is 14.6. The van der Waals surface area contributed by atoms with Crippen molar-refractivity contribution in [2.75, 3.05) is 18.5 Å². The van der Waals surface area contributed by atoms with Gasteiger partial charge in [-0.2, -0.15) is 5.10 Å². The van der Waals surface area contributed by atoms with Gasteiger partial charge in [0.25, 0.3) is 0 Å². The van der Waals surface area contributed by atoms with Gasteiger partial charge in [0.05, 0.1) is 37.6 Å². The van der Waals surface area contributed by atoms with Crippen molar-refractivity contribution in [3.63, 3.8) is 0 Å². The summed E-state index contributed by atoms with van der Waals surface area (Å²) in [7, 11) is 0.